The highest BCUT2D eigenvalue weighted by Gasteiger charge is 2.58. The molecule has 0 aliphatic carbocycles. The number of halogens is 4. The maximum Gasteiger partial charge on any atom is 0.445 e. The molecule has 0 aliphatic heterocycles. The lowest BCUT2D eigenvalue weighted by atomic mass is 9.93. The van der Waals surface area contributed by atoms with Gasteiger partial charge in [0.2, 0.25) is 0 Å². The molecule has 0 saturated heterocycles. The molecule has 96 valence electrons. The first-order valence-corrected chi connectivity index (χ1v) is 4.73. The van der Waals surface area contributed by atoms with Gasteiger partial charge in [-0.05, 0) is 18.1 Å². The number of benzene rings is 1. The molecule has 1 aromatic rings. The van der Waals surface area contributed by atoms with Gasteiger partial charge in [-0.15, -0.1) is 6.42 Å². The van der Waals surface area contributed by atoms with Crippen LogP contribution in [0.15, 0.2) is 24.3 Å². The Hall–Kier alpha value is -2.03. The van der Waals surface area contributed by atoms with Gasteiger partial charge < -0.3 is 4.74 Å². The molecule has 0 unspecified atom stereocenters. The summed E-state index contributed by atoms with van der Waals surface area (Å²) in [7, 11) is 0. The van der Waals surface area contributed by atoms with Crippen molar-refractivity contribution in [1.29, 1.82) is 0 Å². The fourth-order valence-corrected chi connectivity index (χ4v) is 1.40. The highest BCUT2D eigenvalue weighted by atomic mass is 19.4. The van der Waals surface area contributed by atoms with Crippen LogP contribution in [0.4, 0.5) is 17.6 Å². The van der Waals surface area contributed by atoms with Crippen molar-refractivity contribution in [3.63, 3.8) is 0 Å². The summed E-state index contributed by atoms with van der Waals surface area (Å²) in [6, 6.07) is 3.52. The first-order valence-electron chi connectivity index (χ1n) is 4.73. The van der Waals surface area contributed by atoms with Crippen molar-refractivity contribution in [1.82, 2.24) is 0 Å². The molecule has 0 fully saturated rings. The van der Waals surface area contributed by atoms with Gasteiger partial charge in [-0.2, -0.15) is 13.2 Å². The number of hydrogen-bond donors (Lipinski definition) is 0. The molecule has 0 N–H and O–H groups in total. The number of esters is 1. The third-order valence-corrected chi connectivity index (χ3v) is 2.13. The van der Waals surface area contributed by atoms with Gasteiger partial charge in [0.05, 0.1) is 0 Å². The number of carbonyl (C=O) groups is 1. The van der Waals surface area contributed by atoms with Crippen molar-refractivity contribution < 1.29 is 27.1 Å². The maximum atomic E-state index is 13.0. The first-order chi connectivity index (χ1) is 8.23. The van der Waals surface area contributed by atoms with Crippen LogP contribution in [-0.2, 0) is 15.1 Å². The Kier molecular flexibility index (Phi) is 3.65. The van der Waals surface area contributed by atoms with E-state index in [2.05, 4.69) is 4.74 Å². The average Bonchev–Trinajstić information content (AvgIpc) is 2.23. The summed E-state index contributed by atoms with van der Waals surface area (Å²) in [5, 5.41) is 0. The minimum Gasteiger partial charge on any atom is -0.432 e. The number of hydrogen-bond acceptors (Lipinski definition) is 2. The molecule has 1 rings (SSSR count). The van der Waals surface area contributed by atoms with Gasteiger partial charge in [-0.1, -0.05) is 12.1 Å². The van der Waals surface area contributed by atoms with E-state index in [4.69, 9.17) is 6.42 Å². The molecular formula is C12H8F4O2. The zero-order valence-electron chi connectivity index (χ0n) is 9.22. The van der Waals surface area contributed by atoms with Crippen molar-refractivity contribution in [2.24, 2.45) is 0 Å². The first kappa shape index (κ1) is 14.0. The number of carbonyl (C=O) groups excluding carboxylic acids is 1. The molecule has 18 heavy (non-hydrogen) atoms. The molecule has 6 heteroatoms. The van der Waals surface area contributed by atoms with Crippen LogP contribution in [0, 0.1) is 18.2 Å². The van der Waals surface area contributed by atoms with Crippen molar-refractivity contribution in [3.05, 3.63) is 35.6 Å². The van der Waals surface area contributed by atoms with Crippen LogP contribution >= 0.6 is 0 Å². The normalized spacial score (nSPS) is 14.4. The standard InChI is InChI=1S/C12H8F4O2/c1-3-11(12(14,15)16,18-8(2)17)9-5-4-6-10(13)7-9/h1,4-7H,2H3/t11-/m1/s1. The van der Waals surface area contributed by atoms with Crippen LogP contribution in [0.1, 0.15) is 12.5 Å². The minimum absolute atomic E-state index is 0.580. The van der Waals surface area contributed by atoms with Gasteiger partial charge in [0.15, 0.2) is 0 Å². The Morgan fingerprint density at radius 2 is 2.00 bits per heavy atom. The fraction of sp³-hybridized carbons (Fsp3) is 0.250. The van der Waals surface area contributed by atoms with E-state index in [9.17, 15) is 22.4 Å². The minimum atomic E-state index is -5.05. The van der Waals surface area contributed by atoms with E-state index in [1.807, 2.05) is 0 Å². The topological polar surface area (TPSA) is 26.3 Å². The lowest BCUT2D eigenvalue weighted by molar-refractivity contribution is -0.252. The average molecular weight is 260 g/mol. The quantitative estimate of drug-likeness (QED) is 0.464. The summed E-state index contributed by atoms with van der Waals surface area (Å²) in [6.45, 7) is 0.789. The fourth-order valence-electron chi connectivity index (χ4n) is 1.40. The van der Waals surface area contributed by atoms with Crippen LogP contribution in [-0.4, -0.2) is 12.1 Å². The van der Waals surface area contributed by atoms with E-state index in [1.54, 1.807) is 0 Å². The van der Waals surface area contributed by atoms with Crippen LogP contribution < -0.4 is 0 Å². The number of ether oxygens (including phenoxy) is 1. The third-order valence-electron chi connectivity index (χ3n) is 2.13. The van der Waals surface area contributed by atoms with Crippen LogP contribution in [0.5, 0.6) is 0 Å². The second-order valence-electron chi connectivity index (χ2n) is 3.43. The highest BCUT2D eigenvalue weighted by Crippen LogP contribution is 2.42. The molecule has 0 amide bonds. The highest BCUT2D eigenvalue weighted by molar-refractivity contribution is 5.67. The molecule has 0 spiro atoms. The molecule has 0 aromatic heterocycles. The predicted octanol–water partition coefficient (Wildman–Crippen LogP) is 2.78. The summed E-state index contributed by atoms with van der Waals surface area (Å²) in [5.41, 5.74) is -3.94. The van der Waals surface area contributed by atoms with Crippen molar-refractivity contribution in [2.75, 3.05) is 0 Å². The van der Waals surface area contributed by atoms with Gasteiger partial charge in [-0.3, -0.25) is 4.79 Å². The molecule has 0 heterocycles. The summed E-state index contributed by atoms with van der Waals surface area (Å²) in [6.07, 6.45) is -0.200. The van der Waals surface area contributed by atoms with Crippen LogP contribution in [0.25, 0.3) is 0 Å². The van der Waals surface area contributed by atoms with Crippen molar-refractivity contribution in [3.8, 4) is 12.3 Å². The van der Waals surface area contributed by atoms with Crippen LogP contribution in [0.3, 0.4) is 0 Å². The van der Waals surface area contributed by atoms with Gasteiger partial charge >= 0.3 is 12.1 Å². The van der Waals surface area contributed by atoms with Gasteiger partial charge in [0.1, 0.15) is 5.82 Å². The van der Waals surface area contributed by atoms with E-state index >= 15 is 0 Å². The Labute approximate surface area is 101 Å². The smallest absolute Gasteiger partial charge is 0.432 e. The second-order valence-corrected chi connectivity index (χ2v) is 3.43. The van der Waals surface area contributed by atoms with Crippen LogP contribution in [0.2, 0.25) is 0 Å². The monoisotopic (exact) mass is 260 g/mol. The van der Waals surface area contributed by atoms with Crippen molar-refractivity contribution in [2.45, 2.75) is 18.7 Å². The third kappa shape index (κ3) is 2.45. The zero-order valence-corrected chi connectivity index (χ0v) is 9.22. The van der Waals surface area contributed by atoms with Gasteiger partial charge in [0.25, 0.3) is 5.60 Å². The van der Waals surface area contributed by atoms with E-state index < -0.39 is 29.1 Å². The molecule has 0 bridgehead atoms. The van der Waals surface area contributed by atoms with Gasteiger partial charge in [-0.25, -0.2) is 4.39 Å². The van der Waals surface area contributed by atoms with E-state index in [-0.39, 0.29) is 0 Å². The van der Waals surface area contributed by atoms with Crippen molar-refractivity contribution >= 4 is 5.97 Å². The Morgan fingerprint density at radius 1 is 1.39 bits per heavy atom. The molecule has 1 aromatic carbocycles. The SMILES string of the molecule is C#C[C@@](OC(C)=O)(c1cccc(F)c1)C(F)(F)F. The predicted molar refractivity (Wildman–Crippen MR) is 54.7 cm³/mol. The molecular weight excluding hydrogens is 252 g/mol. The Morgan fingerprint density at radius 3 is 2.39 bits per heavy atom. The van der Waals surface area contributed by atoms with E-state index in [0.717, 1.165) is 25.1 Å². The molecule has 2 nitrogen and oxygen atoms in total. The summed E-state index contributed by atoms with van der Waals surface area (Å²) in [5.74, 6) is -0.731. The lowest BCUT2D eigenvalue weighted by Gasteiger charge is -2.30. The molecule has 1 atom stereocenters. The zero-order chi connectivity index (χ0) is 14.0. The number of terminal acetylenes is 1. The Bertz CT molecular complexity index is 502. The number of alkyl halides is 3. The van der Waals surface area contributed by atoms with E-state index in [0.29, 0.717) is 6.07 Å². The second kappa shape index (κ2) is 4.69. The Balaban J connectivity index is 3.46. The molecule has 0 radical (unpaired) electrons. The maximum absolute atomic E-state index is 13.0. The molecule has 0 saturated carbocycles. The van der Waals surface area contributed by atoms with Gasteiger partial charge in [0, 0.05) is 12.5 Å². The largest absolute Gasteiger partial charge is 0.445 e. The molecule has 0 aliphatic rings. The summed E-state index contributed by atoms with van der Waals surface area (Å²) < 4.78 is 56.2. The lowest BCUT2D eigenvalue weighted by Crippen LogP contribution is -2.44. The van der Waals surface area contributed by atoms with E-state index in [1.165, 1.54) is 5.92 Å². The number of rotatable bonds is 2. The summed E-state index contributed by atoms with van der Waals surface area (Å²) >= 11 is 0. The summed E-state index contributed by atoms with van der Waals surface area (Å²) in [4.78, 5) is 10.8.